The number of halogens is 1. The lowest BCUT2D eigenvalue weighted by molar-refractivity contribution is -0.128. The van der Waals surface area contributed by atoms with Crippen LogP contribution in [0, 0.1) is 5.92 Å². The molecule has 3 fully saturated rings. The monoisotopic (exact) mass is 315 g/mol. The normalized spacial score (nSPS) is 26.6. The summed E-state index contributed by atoms with van der Waals surface area (Å²) in [6.07, 6.45) is 6.74. The number of amides is 2. The fraction of sp³-hybridized carbons (Fsp3) is 0.867. The van der Waals surface area contributed by atoms with Crippen molar-refractivity contribution in [3.8, 4) is 0 Å². The molecule has 120 valence electrons. The minimum absolute atomic E-state index is 0. The Kier molecular flexibility index (Phi) is 5.88. The molecule has 0 bridgehead atoms. The number of hydrogen-bond donors (Lipinski definition) is 2. The summed E-state index contributed by atoms with van der Waals surface area (Å²) in [5, 5.41) is 6.39. The molecule has 0 aromatic rings. The van der Waals surface area contributed by atoms with Crippen LogP contribution in [0.5, 0.6) is 0 Å². The molecule has 21 heavy (non-hydrogen) atoms. The number of rotatable bonds is 5. The van der Waals surface area contributed by atoms with Gasteiger partial charge in [-0.2, -0.15) is 0 Å². The molecule has 0 aromatic heterocycles. The van der Waals surface area contributed by atoms with Crippen LogP contribution in [-0.4, -0.2) is 48.4 Å². The van der Waals surface area contributed by atoms with Crippen LogP contribution in [0.15, 0.2) is 0 Å². The Morgan fingerprint density at radius 1 is 1.24 bits per heavy atom. The maximum absolute atomic E-state index is 12.0. The van der Waals surface area contributed by atoms with E-state index < -0.39 is 0 Å². The number of nitrogens with zero attached hydrogens (tertiary/aromatic N) is 1. The van der Waals surface area contributed by atoms with Gasteiger partial charge in [0.2, 0.25) is 11.8 Å². The molecule has 2 aliphatic heterocycles. The first-order valence-corrected chi connectivity index (χ1v) is 8.02. The van der Waals surface area contributed by atoms with Gasteiger partial charge in [0.1, 0.15) is 0 Å². The minimum atomic E-state index is 0. The first-order valence-electron chi connectivity index (χ1n) is 8.02. The summed E-state index contributed by atoms with van der Waals surface area (Å²) < 4.78 is 0. The van der Waals surface area contributed by atoms with Crippen molar-refractivity contribution in [2.24, 2.45) is 5.92 Å². The predicted molar refractivity (Wildman–Crippen MR) is 83.4 cm³/mol. The van der Waals surface area contributed by atoms with Crippen molar-refractivity contribution in [1.82, 2.24) is 15.5 Å². The van der Waals surface area contributed by atoms with E-state index in [0.29, 0.717) is 24.8 Å². The van der Waals surface area contributed by atoms with E-state index in [0.717, 1.165) is 38.9 Å². The molecule has 0 radical (unpaired) electrons. The highest BCUT2D eigenvalue weighted by Gasteiger charge is 2.39. The van der Waals surface area contributed by atoms with Gasteiger partial charge in [-0.15, -0.1) is 12.4 Å². The smallest absolute Gasteiger partial charge is 0.225 e. The Morgan fingerprint density at radius 2 is 1.95 bits per heavy atom. The van der Waals surface area contributed by atoms with Crippen molar-refractivity contribution in [2.75, 3.05) is 19.6 Å². The zero-order chi connectivity index (χ0) is 13.9. The fourth-order valence-electron chi connectivity index (χ4n) is 3.37. The standard InChI is InChI=1S/C15H25N3O2.ClH/c19-14(4-1-11-5-7-16-8-6-11)17-12-9-15(20)18(10-12)13-2-3-13;/h11-13,16H,1-10H2,(H,17,19);1H. The third kappa shape index (κ3) is 4.58. The van der Waals surface area contributed by atoms with Gasteiger partial charge in [-0.05, 0) is 51.1 Å². The van der Waals surface area contributed by atoms with E-state index in [2.05, 4.69) is 10.6 Å². The van der Waals surface area contributed by atoms with Crippen LogP contribution in [0.4, 0.5) is 0 Å². The summed E-state index contributed by atoms with van der Waals surface area (Å²) in [6, 6.07) is 0.516. The molecule has 1 saturated carbocycles. The summed E-state index contributed by atoms with van der Waals surface area (Å²) in [7, 11) is 0. The van der Waals surface area contributed by atoms with Crippen molar-refractivity contribution in [1.29, 1.82) is 0 Å². The first-order chi connectivity index (χ1) is 9.72. The quantitative estimate of drug-likeness (QED) is 0.798. The van der Waals surface area contributed by atoms with Gasteiger partial charge < -0.3 is 15.5 Å². The van der Waals surface area contributed by atoms with Crippen molar-refractivity contribution < 1.29 is 9.59 Å². The lowest BCUT2D eigenvalue weighted by atomic mass is 9.93. The Balaban J connectivity index is 0.00000161. The molecule has 2 amide bonds. The first kappa shape index (κ1) is 16.6. The number of nitrogens with one attached hydrogen (secondary N) is 2. The Hall–Kier alpha value is -0.810. The average molecular weight is 316 g/mol. The maximum Gasteiger partial charge on any atom is 0.225 e. The summed E-state index contributed by atoms with van der Waals surface area (Å²) in [6.45, 7) is 2.89. The van der Waals surface area contributed by atoms with Crippen LogP contribution >= 0.6 is 12.4 Å². The number of carbonyl (C=O) groups excluding carboxylic acids is 2. The topological polar surface area (TPSA) is 61.4 Å². The molecule has 2 saturated heterocycles. The maximum atomic E-state index is 12.0. The largest absolute Gasteiger partial charge is 0.351 e. The minimum Gasteiger partial charge on any atom is -0.351 e. The van der Waals surface area contributed by atoms with E-state index in [1.54, 1.807) is 0 Å². The summed E-state index contributed by atoms with van der Waals surface area (Å²) in [5.41, 5.74) is 0. The van der Waals surface area contributed by atoms with Gasteiger partial charge in [-0.3, -0.25) is 9.59 Å². The van der Waals surface area contributed by atoms with Crippen molar-refractivity contribution >= 4 is 24.2 Å². The summed E-state index contributed by atoms with van der Waals surface area (Å²) >= 11 is 0. The van der Waals surface area contributed by atoms with Crippen LogP contribution < -0.4 is 10.6 Å². The number of piperidine rings is 1. The third-order valence-electron chi connectivity index (χ3n) is 4.75. The molecule has 1 atom stereocenters. The molecule has 1 unspecified atom stereocenters. The van der Waals surface area contributed by atoms with Crippen molar-refractivity contribution in [2.45, 2.75) is 57.0 Å². The van der Waals surface area contributed by atoms with E-state index in [1.807, 2.05) is 4.90 Å². The molecule has 3 rings (SSSR count). The van der Waals surface area contributed by atoms with Gasteiger partial charge in [0.15, 0.2) is 0 Å². The Morgan fingerprint density at radius 3 is 2.62 bits per heavy atom. The van der Waals surface area contributed by atoms with Crippen LogP contribution in [-0.2, 0) is 9.59 Å². The van der Waals surface area contributed by atoms with Crippen molar-refractivity contribution in [3.63, 3.8) is 0 Å². The van der Waals surface area contributed by atoms with E-state index in [-0.39, 0.29) is 30.3 Å². The van der Waals surface area contributed by atoms with Gasteiger partial charge in [-0.25, -0.2) is 0 Å². The van der Waals surface area contributed by atoms with E-state index in [1.165, 1.54) is 12.8 Å². The number of hydrogen-bond acceptors (Lipinski definition) is 3. The molecule has 6 heteroatoms. The number of carbonyl (C=O) groups is 2. The number of likely N-dealkylation sites (tertiary alicyclic amines) is 1. The molecule has 0 spiro atoms. The highest BCUT2D eigenvalue weighted by molar-refractivity contribution is 5.85. The van der Waals surface area contributed by atoms with Gasteiger partial charge in [0.25, 0.3) is 0 Å². The van der Waals surface area contributed by atoms with E-state index in [9.17, 15) is 9.59 Å². The molecule has 3 aliphatic rings. The van der Waals surface area contributed by atoms with Crippen molar-refractivity contribution in [3.05, 3.63) is 0 Å². The highest BCUT2D eigenvalue weighted by atomic mass is 35.5. The second kappa shape index (κ2) is 7.45. The predicted octanol–water partition coefficient (Wildman–Crippen LogP) is 1.07. The highest BCUT2D eigenvalue weighted by Crippen LogP contribution is 2.30. The SMILES string of the molecule is Cl.O=C(CCC1CCNCC1)NC1CC(=O)N(C2CC2)C1. The zero-order valence-corrected chi connectivity index (χ0v) is 13.3. The second-order valence-electron chi connectivity index (χ2n) is 6.48. The second-order valence-corrected chi connectivity index (χ2v) is 6.48. The van der Waals surface area contributed by atoms with Gasteiger partial charge in [0.05, 0.1) is 6.04 Å². The molecule has 2 N–H and O–H groups in total. The molecule has 5 nitrogen and oxygen atoms in total. The summed E-state index contributed by atoms with van der Waals surface area (Å²) in [4.78, 5) is 25.8. The van der Waals surface area contributed by atoms with Crippen LogP contribution in [0.25, 0.3) is 0 Å². The average Bonchev–Trinajstić information content (AvgIpc) is 3.22. The lowest BCUT2D eigenvalue weighted by Gasteiger charge is -2.22. The molecule has 0 aromatic carbocycles. The van der Waals surface area contributed by atoms with Gasteiger partial charge in [0, 0.05) is 25.4 Å². The van der Waals surface area contributed by atoms with Gasteiger partial charge >= 0.3 is 0 Å². The van der Waals surface area contributed by atoms with E-state index >= 15 is 0 Å². The summed E-state index contributed by atoms with van der Waals surface area (Å²) in [5.74, 6) is 1.03. The molecule has 2 heterocycles. The van der Waals surface area contributed by atoms with Gasteiger partial charge in [-0.1, -0.05) is 0 Å². The van der Waals surface area contributed by atoms with Crippen LogP contribution in [0.1, 0.15) is 44.9 Å². The third-order valence-corrected chi connectivity index (χ3v) is 4.75. The lowest BCUT2D eigenvalue weighted by Crippen LogP contribution is -2.38. The molecular formula is C15H26ClN3O2. The Labute approximate surface area is 132 Å². The molecule has 1 aliphatic carbocycles. The molecular weight excluding hydrogens is 290 g/mol. The zero-order valence-electron chi connectivity index (χ0n) is 12.5. The van der Waals surface area contributed by atoms with Crippen LogP contribution in [0.3, 0.4) is 0 Å². The van der Waals surface area contributed by atoms with Crippen LogP contribution in [0.2, 0.25) is 0 Å². The van der Waals surface area contributed by atoms with E-state index in [4.69, 9.17) is 0 Å². The Bertz CT molecular complexity index is 381. The fourth-order valence-corrected chi connectivity index (χ4v) is 3.37.